The van der Waals surface area contributed by atoms with Gasteiger partial charge in [0.2, 0.25) is 0 Å². The fourth-order valence-electron chi connectivity index (χ4n) is 2.88. The molecule has 0 fully saturated rings. The number of benzene rings is 2. The second kappa shape index (κ2) is 5.39. The second-order valence-corrected chi connectivity index (χ2v) is 7.59. The Bertz CT molecular complexity index is 800. The molecule has 1 aliphatic heterocycles. The van der Waals surface area contributed by atoms with E-state index in [0.717, 1.165) is 11.1 Å². The molecule has 3 nitrogen and oxygen atoms in total. The lowest BCUT2D eigenvalue weighted by Gasteiger charge is -2.36. The van der Waals surface area contributed by atoms with Crippen LogP contribution < -0.4 is 4.31 Å². The van der Waals surface area contributed by atoms with Crippen molar-refractivity contribution in [3.63, 3.8) is 0 Å². The summed E-state index contributed by atoms with van der Waals surface area (Å²) in [6.07, 6.45) is 1.37. The molecule has 1 aliphatic rings. The molecule has 0 N–H and O–H groups in total. The monoisotopic (exact) mass is 319 g/mol. The molecule has 0 aliphatic carbocycles. The van der Waals surface area contributed by atoms with Gasteiger partial charge in [0.1, 0.15) is 5.82 Å². The molecule has 2 aromatic carbocycles. The minimum absolute atomic E-state index is 0.149. The van der Waals surface area contributed by atoms with Gasteiger partial charge in [-0.1, -0.05) is 17.7 Å². The molecule has 1 heterocycles. The van der Waals surface area contributed by atoms with E-state index in [-0.39, 0.29) is 16.8 Å². The van der Waals surface area contributed by atoms with Gasteiger partial charge in [-0.2, -0.15) is 0 Å². The molecule has 0 aromatic heterocycles. The minimum atomic E-state index is -3.64. The van der Waals surface area contributed by atoms with Crippen LogP contribution in [0.1, 0.15) is 24.5 Å². The number of aryl methyl sites for hydroxylation is 2. The zero-order chi connectivity index (χ0) is 15.9. The van der Waals surface area contributed by atoms with Crippen LogP contribution in [-0.2, 0) is 16.4 Å². The van der Waals surface area contributed by atoms with E-state index >= 15 is 0 Å². The summed E-state index contributed by atoms with van der Waals surface area (Å²) in [5.41, 5.74) is 2.34. The van der Waals surface area contributed by atoms with Gasteiger partial charge in [0, 0.05) is 6.04 Å². The number of anilines is 1. The highest BCUT2D eigenvalue weighted by atomic mass is 32.2. The molecular weight excluding hydrogens is 301 g/mol. The van der Waals surface area contributed by atoms with Crippen LogP contribution in [0.2, 0.25) is 0 Å². The summed E-state index contributed by atoms with van der Waals surface area (Å²) in [7, 11) is -3.64. The first kappa shape index (κ1) is 15.0. The van der Waals surface area contributed by atoms with Gasteiger partial charge in [0.25, 0.3) is 10.0 Å². The molecule has 0 radical (unpaired) electrons. The summed E-state index contributed by atoms with van der Waals surface area (Å²) in [5.74, 6) is -0.332. The molecule has 2 aromatic rings. The van der Waals surface area contributed by atoms with Crippen molar-refractivity contribution in [3.05, 3.63) is 59.4 Å². The number of sulfonamides is 1. The number of halogens is 1. The SMILES string of the molecule is Cc1ccc(S(=O)(=O)N2c3ccc(F)cc3CC[C@H]2C)cc1. The van der Waals surface area contributed by atoms with E-state index in [1.807, 2.05) is 13.8 Å². The van der Waals surface area contributed by atoms with Crippen molar-refractivity contribution in [2.45, 2.75) is 37.6 Å². The molecule has 0 spiro atoms. The number of hydrogen-bond donors (Lipinski definition) is 0. The van der Waals surface area contributed by atoms with Gasteiger partial charge in [0.05, 0.1) is 10.6 Å². The third-order valence-electron chi connectivity index (χ3n) is 4.09. The molecule has 0 bridgehead atoms. The van der Waals surface area contributed by atoms with E-state index in [2.05, 4.69) is 0 Å². The van der Waals surface area contributed by atoms with Crippen molar-refractivity contribution in [1.82, 2.24) is 0 Å². The van der Waals surface area contributed by atoms with Gasteiger partial charge in [-0.3, -0.25) is 4.31 Å². The standard InChI is InChI=1S/C17H18FNO2S/c1-12-3-8-16(9-4-12)22(20,21)19-13(2)5-6-14-11-15(18)7-10-17(14)19/h3-4,7-11,13H,5-6H2,1-2H3/t13-/m1/s1. The zero-order valence-corrected chi connectivity index (χ0v) is 13.4. The summed E-state index contributed by atoms with van der Waals surface area (Å²) in [4.78, 5) is 0.266. The van der Waals surface area contributed by atoms with E-state index in [1.54, 1.807) is 30.3 Å². The Morgan fingerprint density at radius 3 is 2.50 bits per heavy atom. The minimum Gasteiger partial charge on any atom is -0.263 e. The molecule has 0 saturated heterocycles. The Labute approximate surface area is 130 Å². The third kappa shape index (κ3) is 2.50. The average Bonchev–Trinajstić information content (AvgIpc) is 2.47. The lowest BCUT2D eigenvalue weighted by molar-refractivity contribution is 0.560. The van der Waals surface area contributed by atoms with E-state index in [9.17, 15) is 12.8 Å². The summed E-state index contributed by atoms with van der Waals surface area (Å²) in [5, 5.41) is 0. The Hall–Kier alpha value is -1.88. The Kier molecular flexibility index (Phi) is 3.68. The predicted octanol–water partition coefficient (Wildman–Crippen LogP) is 3.66. The summed E-state index contributed by atoms with van der Waals surface area (Å²) < 4.78 is 40.8. The van der Waals surface area contributed by atoms with Gasteiger partial charge in [0.15, 0.2) is 0 Å². The Balaban J connectivity index is 2.12. The lowest BCUT2D eigenvalue weighted by atomic mass is 9.99. The third-order valence-corrected chi connectivity index (χ3v) is 6.03. The largest absolute Gasteiger partial charge is 0.264 e. The fourth-order valence-corrected chi connectivity index (χ4v) is 4.60. The van der Waals surface area contributed by atoms with Crippen molar-refractivity contribution in [3.8, 4) is 0 Å². The lowest BCUT2D eigenvalue weighted by Crippen LogP contribution is -2.42. The molecule has 0 saturated carbocycles. The Morgan fingerprint density at radius 1 is 1.14 bits per heavy atom. The number of fused-ring (bicyclic) bond motifs is 1. The first-order valence-corrected chi connectivity index (χ1v) is 8.73. The van der Waals surface area contributed by atoms with E-state index < -0.39 is 10.0 Å². The maximum absolute atomic E-state index is 13.4. The molecule has 116 valence electrons. The van der Waals surface area contributed by atoms with Gasteiger partial charge >= 0.3 is 0 Å². The first-order valence-electron chi connectivity index (χ1n) is 7.29. The van der Waals surface area contributed by atoms with E-state index in [4.69, 9.17) is 0 Å². The van der Waals surface area contributed by atoms with Crippen LogP contribution in [-0.4, -0.2) is 14.5 Å². The molecular formula is C17H18FNO2S. The van der Waals surface area contributed by atoms with Crippen LogP contribution in [0.3, 0.4) is 0 Å². The topological polar surface area (TPSA) is 37.4 Å². The number of rotatable bonds is 2. The quantitative estimate of drug-likeness (QED) is 0.847. The van der Waals surface area contributed by atoms with Crippen molar-refractivity contribution in [2.75, 3.05) is 4.31 Å². The van der Waals surface area contributed by atoms with Crippen molar-refractivity contribution < 1.29 is 12.8 Å². The number of nitrogens with zero attached hydrogens (tertiary/aromatic N) is 1. The number of hydrogen-bond acceptors (Lipinski definition) is 2. The molecule has 0 amide bonds. The molecule has 1 atom stereocenters. The van der Waals surface area contributed by atoms with Crippen LogP contribution in [0.4, 0.5) is 10.1 Å². The summed E-state index contributed by atoms with van der Waals surface area (Å²) >= 11 is 0. The molecule has 5 heteroatoms. The van der Waals surface area contributed by atoms with Crippen LogP contribution in [0, 0.1) is 12.7 Å². The summed E-state index contributed by atoms with van der Waals surface area (Å²) in [6.45, 7) is 3.80. The molecule has 3 rings (SSSR count). The van der Waals surface area contributed by atoms with E-state index in [0.29, 0.717) is 18.5 Å². The smallest absolute Gasteiger partial charge is 0.263 e. The molecule has 0 unspecified atom stereocenters. The van der Waals surface area contributed by atoms with Gasteiger partial charge in [-0.15, -0.1) is 0 Å². The highest BCUT2D eigenvalue weighted by Gasteiger charge is 2.33. The van der Waals surface area contributed by atoms with Crippen molar-refractivity contribution in [1.29, 1.82) is 0 Å². The zero-order valence-electron chi connectivity index (χ0n) is 12.6. The second-order valence-electron chi connectivity index (χ2n) is 5.77. The van der Waals surface area contributed by atoms with Crippen molar-refractivity contribution >= 4 is 15.7 Å². The summed E-state index contributed by atoms with van der Waals surface area (Å²) in [6, 6.07) is 11.0. The van der Waals surface area contributed by atoms with Crippen molar-refractivity contribution in [2.24, 2.45) is 0 Å². The maximum atomic E-state index is 13.4. The maximum Gasteiger partial charge on any atom is 0.264 e. The first-order chi connectivity index (χ1) is 10.4. The Morgan fingerprint density at radius 2 is 1.82 bits per heavy atom. The van der Waals surface area contributed by atoms with Crippen LogP contribution in [0.5, 0.6) is 0 Å². The van der Waals surface area contributed by atoms with Gasteiger partial charge < -0.3 is 0 Å². The van der Waals surface area contributed by atoms with Crippen LogP contribution >= 0.6 is 0 Å². The highest BCUT2D eigenvalue weighted by Crippen LogP contribution is 2.35. The fraction of sp³-hybridized carbons (Fsp3) is 0.294. The molecule has 22 heavy (non-hydrogen) atoms. The normalized spacial score (nSPS) is 18.1. The average molecular weight is 319 g/mol. The highest BCUT2D eigenvalue weighted by molar-refractivity contribution is 7.92. The van der Waals surface area contributed by atoms with Gasteiger partial charge in [-0.05, 0) is 62.6 Å². The van der Waals surface area contributed by atoms with Gasteiger partial charge in [-0.25, -0.2) is 12.8 Å². The predicted molar refractivity (Wildman–Crippen MR) is 85.0 cm³/mol. The van der Waals surface area contributed by atoms with E-state index in [1.165, 1.54) is 16.4 Å². The van der Waals surface area contributed by atoms with Crippen LogP contribution in [0.25, 0.3) is 0 Å². The van der Waals surface area contributed by atoms with Crippen LogP contribution in [0.15, 0.2) is 47.4 Å².